The standard InChI is InChI=1S/C11H14N2O5/c14-6-5-12-11(17)9(15)8(6)13-10(16)7-3-1-2-4-18-7/h5,7,14-15H,1-4H2,(H2,12,13,16,17). The minimum Gasteiger partial charge on any atom is -0.504 e. The van der Waals surface area contributed by atoms with Crippen LogP contribution in [0.5, 0.6) is 11.5 Å². The van der Waals surface area contributed by atoms with Crippen LogP contribution >= 0.6 is 0 Å². The lowest BCUT2D eigenvalue weighted by molar-refractivity contribution is -0.130. The number of aromatic hydroxyl groups is 2. The number of hydrogen-bond donors (Lipinski definition) is 4. The SMILES string of the molecule is O=C(Nc1c(O)c[nH]c(=O)c1O)C1CCCCO1. The van der Waals surface area contributed by atoms with Gasteiger partial charge in [0.1, 0.15) is 11.8 Å². The van der Waals surface area contributed by atoms with Gasteiger partial charge in [0.25, 0.3) is 11.5 Å². The Balaban J connectivity index is 2.16. The molecule has 0 radical (unpaired) electrons. The van der Waals surface area contributed by atoms with Gasteiger partial charge in [-0.2, -0.15) is 0 Å². The minimum absolute atomic E-state index is 0.294. The van der Waals surface area contributed by atoms with Gasteiger partial charge >= 0.3 is 0 Å². The fourth-order valence-electron chi connectivity index (χ4n) is 1.78. The average Bonchev–Trinajstić information content (AvgIpc) is 2.40. The lowest BCUT2D eigenvalue weighted by atomic mass is 10.1. The molecular formula is C11H14N2O5. The Hall–Kier alpha value is -2.02. The summed E-state index contributed by atoms with van der Waals surface area (Å²) < 4.78 is 5.26. The molecule has 2 heterocycles. The number of anilines is 1. The van der Waals surface area contributed by atoms with Crippen LogP contribution in [0.25, 0.3) is 0 Å². The minimum atomic E-state index is -0.785. The Bertz CT molecular complexity index is 505. The van der Waals surface area contributed by atoms with E-state index in [1.165, 1.54) is 0 Å². The summed E-state index contributed by atoms with van der Waals surface area (Å²) in [6.45, 7) is 0.505. The number of amides is 1. The second kappa shape index (κ2) is 5.09. The van der Waals surface area contributed by atoms with Crippen LogP contribution in [0.15, 0.2) is 11.0 Å². The average molecular weight is 254 g/mol. The van der Waals surface area contributed by atoms with E-state index in [1.807, 2.05) is 0 Å². The van der Waals surface area contributed by atoms with E-state index in [9.17, 15) is 19.8 Å². The molecule has 0 aliphatic carbocycles. The molecule has 7 heteroatoms. The molecule has 1 aromatic heterocycles. The monoisotopic (exact) mass is 254 g/mol. The molecular weight excluding hydrogens is 240 g/mol. The molecule has 0 bridgehead atoms. The zero-order valence-electron chi connectivity index (χ0n) is 9.60. The first-order valence-electron chi connectivity index (χ1n) is 5.65. The van der Waals surface area contributed by atoms with Crippen LogP contribution in [0, 0.1) is 0 Å². The number of H-pyrrole nitrogens is 1. The Morgan fingerprint density at radius 2 is 2.22 bits per heavy atom. The van der Waals surface area contributed by atoms with E-state index >= 15 is 0 Å². The first-order chi connectivity index (χ1) is 8.59. The summed E-state index contributed by atoms with van der Waals surface area (Å²) in [6.07, 6.45) is 2.75. The second-order valence-corrected chi connectivity index (χ2v) is 4.07. The maximum absolute atomic E-state index is 11.8. The van der Waals surface area contributed by atoms with Gasteiger partial charge in [-0.15, -0.1) is 0 Å². The molecule has 1 aliphatic heterocycles. The van der Waals surface area contributed by atoms with Crippen LogP contribution < -0.4 is 10.9 Å². The van der Waals surface area contributed by atoms with E-state index in [0.29, 0.717) is 13.0 Å². The quantitative estimate of drug-likeness (QED) is 0.606. The molecule has 1 aliphatic rings. The van der Waals surface area contributed by atoms with Crippen LogP contribution in [0.1, 0.15) is 19.3 Å². The number of carbonyl (C=O) groups is 1. The molecule has 1 unspecified atom stereocenters. The van der Waals surface area contributed by atoms with Gasteiger partial charge in [-0.25, -0.2) is 0 Å². The molecule has 1 amide bonds. The predicted octanol–water partition coefficient (Wildman–Crippen LogP) is 0.294. The van der Waals surface area contributed by atoms with Crippen molar-refractivity contribution in [1.29, 1.82) is 0 Å². The van der Waals surface area contributed by atoms with Crippen molar-refractivity contribution < 1.29 is 19.7 Å². The molecule has 1 aromatic rings. The van der Waals surface area contributed by atoms with E-state index < -0.39 is 29.1 Å². The molecule has 7 nitrogen and oxygen atoms in total. The highest BCUT2D eigenvalue weighted by Crippen LogP contribution is 2.29. The largest absolute Gasteiger partial charge is 0.504 e. The van der Waals surface area contributed by atoms with Gasteiger partial charge in [0.2, 0.25) is 5.75 Å². The first-order valence-corrected chi connectivity index (χ1v) is 5.65. The Morgan fingerprint density at radius 3 is 2.89 bits per heavy atom. The van der Waals surface area contributed by atoms with Crippen molar-refractivity contribution in [3.05, 3.63) is 16.6 Å². The van der Waals surface area contributed by atoms with Gasteiger partial charge in [0.05, 0.1) is 0 Å². The number of ether oxygens (including phenoxy) is 1. The second-order valence-electron chi connectivity index (χ2n) is 4.07. The van der Waals surface area contributed by atoms with Gasteiger partial charge in [0.15, 0.2) is 5.75 Å². The molecule has 98 valence electrons. The van der Waals surface area contributed by atoms with Crippen molar-refractivity contribution in [3.8, 4) is 11.5 Å². The lowest BCUT2D eigenvalue weighted by Gasteiger charge is -2.21. The molecule has 1 atom stereocenters. The fourth-order valence-corrected chi connectivity index (χ4v) is 1.78. The normalized spacial score (nSPS) is 19.4. The molecule has 0 spiro atoms. The smallest absolute Gasteiger partial charge is 0.292 e. The zero-order valence-corrected chi connectivity index (χ0v) is 9.60. The van der Waals surface area contributed by atoms with Gasteiger partial charge in [-0.3, -0.25) is 9.59 Å². The zero-order chi connectivity index (χ0) is 13.1. The summed E-state index contributed by atoms with van der Waals surface area (Å²) in [4.78, 5) is 25.1. The predicted molar refractivity (Wildman–Crippen MR) is 62.6 cm³/mol. The highest BCUT2D eigenvalue weighted by Gasteiger charge is 2.24. The number of nitrogens with one attached hydrogen (secondary N) is 2. The Morgan fingerprint density at radius 1 is 1.44 bits per heavy atom. The molecule has 4 N–H and O–H groups in total. The Kier molecular flexibility index (Phi) is 3.52. The summed E-state index contributed by atoms with van der Waals surface area (Å²) >= 11 is 0. The van der Waals surface area contributed by atoms with Crippen molar-refractivity contribution in [1.82, 2.24) is 4.98 Å². The van der Waals surface area contributed by atoms with E-state index in [4.69, 9.17) is 4.74 Å². The number of pyridine rings is 1. The topological polar surface area (TPSA) is 112 Å². The molecule has 0 saturated carbocycles. The van der Waals surface area contributed by atoms with E-state index in [1.54, 1.807) is 0 Å². The molecule has 0 aromatic carbocycles. The number of rotatable bonds is 2. The van der Waals surface area contributed by atoms with Crippen molar-refractivity contribution >= 4 is 11.6 Å². The molecule has 2 rings (SSSR count). The van der Waals surface area contributed by atoms with Crippen LogP contribution in [-0.4, -0.2) is 33.8 Å². The van der Waals surface area contributed by atoms with Crippen molar-refractivity contribution in [2.24, 2.45) is 0 Å². The third-order valence-corrected chi connectivity index (χ3v) is 2.77. The van der Waals surface area contributed by atoms with Crippen LogP contribution in [0.3, 0.4) is 0 Å². The molecule has 18 heavy (non-hydrogen) atoms. The third kappa shape index (κ3) is 2.45. The van der Waals surface area contributed by atoms with Crippen LogP contribution in [-0.2, 0) is 9.53 Å². The van der Waals surface area contributed by atoms with Gasteiger partial charge in [-0.1, -0.05) is 0 Å². The number of aromatic nitrogens is 1. The van der Waals surface area contributed by atoms with Crippen molar-refractivity contribution in [2.45, 2.75) is 25.4 Å². The fraction of sp³-hybridized carbons (Fsp3) is 0.455. The van der Waals surface area contributed by atoms with Crippen molar-refractivity contribution in [3.63, 3.8) is 0 Å². The number of aromatic amines is 1. The van der Waals surface area contributed by atoms with Crippen LogP contribution in [0.4, 0.5) is 5.69 Å². The lowest BCUT2D eigenvalue weighted by Crippen LogP contribution is -2.33. The summed E-state index contributed by atoms with van der Waals surface area (Å²) in [5.41, 5.74) is -1.08. The maximum Gasteiger partial charge on any atom is 0.292 e. The summed E-state index contributed by atoms with van der Waals surface area (Å²) in [5, 5.41) is 21.2. The molecule has 1 fully saturated rings. The van der Waals surface area contributed by atoms with Crippen molar-refractivity contribution in [2.75, 3.05) is 11.9 Å². The van der Waals surface area contributed by atoms with Gasteiger partial charge in [0, 0.05) is 12.8 Å². The number of hydrogen-bond acceptors (Lipinski definition) is 5. The van der Waals surface area contributed by atoms with E-state index in [-0.39, 0.29) is 5.69 Å². The number of carbonyl (C=O) groups excluding carboxylic acids is 1. The summed E-state index contributed by atoms with van der Waals surface area (Å²) in [5.74, 6) is -1.61. The maximum atomic E-state index is 11.8. The Labute approximate surface area is 102 Å². The van der Waals surface area contributed by atoms with Gasteiger partial charge < -0.3 is 25.3 Å². The van der Waals surface area contributed by atoms with Crippen LogP contribution in [0.2, 0.25) is 0 Å². The molecule has 1 saturated heterocycles. The summed E-state index contributed by atoms with van der Waals surface area (Å²) in [7, 11) is 0. The highest BCUT2D eigenvalue weighted by atomic mass is 16.5. The first kappa shape index (κ1) is 12.4. The van der Waals surface area contributed by atoms with Gasteiger partial charge in [-0.05, 0) is 19.3 Å². The van der Waals surface area contributed by atoms with E-state index in [0.717, 1.165) is 19.0 Å². The highest BCUT2D eigenvalue weighted by molar-refractivity contribution is 5.96. The third-order valence-electron chi connectivity index (χ3n) is 2.77. The summed E-state index contributed by atoms with van der Waals surface area (Å²) in [6, 6.07) is 0. The van der Waals surface area contributed by atoms with E-state index in [2.05, 4.69) is 10.3 Å².